The van der Waals surface area contributed by atoms with E-state index in [4.69, 9.17) is 9.47 Å². The van der Waals surface area contributed by atoms with Gasteiger partial charge >= 0.3 is 12.2 Å². The molecule has 2 amide bonds. The summed E-state index contributed by atoms with van der Waals surface area (Å²) >= 11 is 0. The molecule has 8 nitrogen and oxygen atoms in total. The standard InChI is InChI=1S/C18H14F2N2O2.C18H15FN2O2/c1-18(2)11-22(17(23)24-18)16-8-6-13(10-21-16)4-3-12-5-7-14(19)15(20)9-12;1-18(2)12-21(17(22)23-18)16-10-7-14(11-20-16)4-3-13-5-8-15(19)9-6-13/h5-10H,11H2,1-2H3;5-11H,12H2,1-2H3. The quantitative estimate of drug-likeness (QED) is 0.223. The van der Waals surface area contributed by atoms with Crippen molar-refractivity contribution in [1.29, 1.82) is 0 Å². The minimum atomic E-state index is -0.939. The first kappa shape index (κ1) is 32.6. The molecule has 2 fully saturated rings. The number of anilines is 2. The highest BCUT2D eigenvalue weighted by molar-refractivity contribution is 5.89. The largest absolute Gasteiger partial charge is 0.441 e. The number of cyclic esters (lactones) is 2. The number of pyridine rings is 2. The summed E-state index contributed by atoms with van der Waals surface area (Å²) in [4.78, 5) is 35.1. The van der Waals surface area contributed by atoms with Crippen molar-refractivity contribution in [2.45, 2.75) is 38.9 Å². The van der Waals surface area contributed by atoms with Crippen molar-refractivity contribution in [2.75, 3.05) is 22.9 Å². The molecular formula is C36H29F3N4O4. The maximum Gasteiger partial charge on any atom is 0.416 e. The number of aromatic nitrogens is 2. The second-order valence-electron chi connectivity index (χ2n) is 11.9. The van der Waals surface area contributed by atoms with Gasteiger partial charge in [-0.3, -0.25) is 9.80 Å². The van der Waals surface area contributed by atoms with E-state index >= 15 is 0 Å². The third kappa shape index (κ3) is 8.47. The van der Waals surface area contributed by atoms with Crippen molar-refractivity contribution in [3.8, 4) is 23.7 Å². The highest BCUT2D eigenvalue weighted by Crippen LogP contribution is 2.27. The van der Waals surface area contributed by atoms with Gasteiger partial charge in [-0.1, -0.05) is 23.7 Å². The Hall–Kier alpha value is -5.81. The second kappa shape index (κ2) is 13.3. The molecule has 0 radical (unpaired) electrons. The van der Waals surface area contributed by atoms with Crippen molar-refractivity contribution >= 4 is 23.8 Å². The number of nitrogens with zero attached hydrogens (tertiary/aromatic N) is 4. The lowest BCUT2D eigenvalue weighted by Gasteiger charge is -2.14. The molecule has 47 heavy (non-hydrogen) atoms. The van der Waals surface area contributed by atoms with Crippen molar-refractivity contribution in [2.24, 2.45) is 0 Å². The molecule has 2 aromatic carbocycles. The predicted octanol–water partition coefficient (Wildman–Crippen LogP) is 6.85. The molecule has 2 saturated heterocycles. The number of carbonyl (C=O) groups is 2. The molecule has 0 atom stereocenters. The lowest BCUT2D eigenvalue weighted by atomic mass is 10.1. The van der Waals surface area contributed by atoms with Gasteiger partial charge in [0.2, 0.25) is 0 Å². The van der Waals surface area contributed by atoms with Crippen molar-refractivity contribution in [3.63, 3.8) is 0 Å². The van der Waals surface area contributed by atoms with Gasteiger partial charge in [-0.2, -0.15) is 0 Å². The van der Waals surface area contributed by atoms with E-state index in [9.17, 15) is 22.8 Å². The molecule has 0 unspecified atom stereocenters. The normalized spacial score (nSPS) is 15.7. The fourth-order valence-electron chi connectivity index (χ4n) is 4.52. The van der Waals surface area contributed by atoms with Crippen LogP contribution in [0.4, 0.5) is 34.4 Å². The first-order valence-corrected chi connectivity index (χ1v) is 14.4. The number of benzene rings is 2. The van der Waals surface area contributed by atoms with Crippen LogP contribution in [0.25, 0.3) is 0 Å². The molecule has 238 valence electrons. The van der Waals surface area contributed by atoms with Crippen LogP contribution < -0.4 is 9.80 Å². The summed E-state index contributed by atoms with van der Waals surface area (Å²) in [6, 6.07) is 16.3. The monoisotopic (exact) mass is 638 g/mol. The minimum Gasteiger partial charge on any atom is -0.441 e. The van der Waals surface area contributed by atoms with E-state index in [0.29, 0.717) is 41.4 Å². The zero-order valence-corrected chi connectivity index (χ0v) is 26.0. The van der Waals surface area contributed by atoms with Crippen LogP contribution in [0.3, 0.4) is 0 Å². The Morgan fingerprint density at radius 2 is 1.02 bits per heavy atom. The third-order valence-corrected chi connectivity index (χ3v) is 6.76. The predicted molar refractivity (Wildman–Crippen MR) is 169 cm³/mol. The molecule has 0 spiro atoms. The van der Waals surface area contributed by atoms with Crippen LogP contribution in [0.5, 0.6) is 0 Å². The molecule has 4 aromatic rings. The number of hydrogen-bond acceptors (Lipinski definition) is 6. The Morgan fingerprint density at radius 1 is 0.596 bits per heavy atom. The summed E-state index contributed by atoms with van der Waals surface area (Å²) in [5, 5.41) is 0. The first-order valence-electron chi connectivity index (χ1n) is 14.4. The van der Waals surface area contributed by atoms with Crippen LogP contribution in [0.2, 0.25) is 0 Å². The smallest absolute Gasteiger partial charge is 0.416 e. The topological polar surface area (TPSA) is 84.9 Å². The number of hydrogen-bond donors (Lipinski definition) is 0. The van der Waals surface area contributed by atoms with Crippen molar-refractivity contribution in [3.05, 3.63) is 119 Å². The summed E-state index contributed by atoms with van der Waals surface area (Å²) in [6.45, 7) is 8.23. The van der Waals surface area contributed by atoms with Gasteiger partial charge in [0.15, 0.2) is 11.6 Å². The molecule has 2 aliphatic rings. The van der Waals surface area contributed by atoms with E-state index in [1.165, 1.54) is 34.2 Å². The van der Waals surface area contributed by atoms with Crippen molar-refractivity contribution < 1.29 is 32.2 Å². The van der Waals surface area contributed by atoms with Crippen molar-refractivity contribution in [1.82, 2.24) is 9.97 Å². The van der Waals surface area contributed by atoms with Gasteiger partial charge in [0.25, 0.3) is 0 Å². The molecule has 4 heterocycles. The summed E-state index contributed by atoms with van der Waals surface area (Å²) in [5.41, 5.74) is 1.33. The fraction of sp³-hybridized carbons (Fsp3) is 0.222. The molecule has 6 rings (SSSR count). The summed E-state index contributed by atoms with van der Waals surface area (Å²) < 4.78 is 49.3. The first-order chi connectivity index (χ1) is 22.3. The maximum absolute atomic E-state index is 13.1. The number of ether oxygens (including phenoxy) is 2. The molecule has 2 aliphatic heterocycles. The maximum atomic E-state index is 13.1. The molecule has 0 bridgehead atoms. The average Bonchev–Trinajstić information content (AvgIpc) is 3.48. The van der Waals surface area contributed by atoms with E-state index in [1.54, 1.807) is 42.6 Å². The van der Waals surface area contributed by atoms with Crippen LogP contribution in [-0.2, 0) is 9.47 Å². The van der Waals surface area contributed by atoms with Gasteiger partial charge in [0.1, 0.15) is 28.7 Å². The zero-order valence-electron chi connectivity index (χ0n) is 26.0. The van der Waals surface area contributed by atoms with E-state index in [-0.39, 0.29) is 5.82 Å². The van der Waals surface area contributed by atoms with Crippen LogP contribution in [0, 0.1) is 41.1 Å². The Kier molecular flexibility index (Phi) is 9.20. The van der Waals surface area contributed by atoms with Crippen LogP contribution in [0.1, 0.15) is 49.9 Å². The molecular weight excluding hydrogens is 609 g/mol. The van der Waals surface area contributed by atoms with Gasteiger partial charge in [-0.05, 0) is 94.4 Å². The molecule has 0 aliphatic carbocycles. The van der Waals surface area contributed by atoms with Gasteiger partial charge in [0.05, 0.1) is 13.1 Å². The van der Waals surface area contributed by atoms with Gasteiger partial charge in [0, 0.05) is 34.6 Å². The van der Waals surface area contributed by atoms with E-state index in [0.717, 1.165) is 17.7 Å². The Balaban J connectivity index is 0.000000185. The molecule has 11 heteroatoms. The number of halogens is 3. The molecule has 2 aromatic heterocycles. The molecule has 0 saturated carbocycles. The third-order valence-electron chi connectivity index (χ3n) is 6.76. The lowest BCUT2D eigenvalue weighted by molar-refractivity contribution is 0.0860. The minimum absolute atomic E-state index is 0.290. The Labute approximate surface area is 270 Å². The second-order valence-corrected chi connectivity index (χ2v) is 11.9. The number of amides is 2. The van der Waals surface area contributed by atoms with Crippen LogP contribution in [-0.4, -0.2) is 46.4 Å². The summed E-state index contributed by atoms with van der Waals surface area (Å²) in [7, 11) is 0. The van der Waals surface area contributed by atoms with Gasteiger partial charge in [-0.25, -0.2) is 32.7 Å². The number of carbonyl (C=O) groups excluding carboxylic acids is 2. The summed E-state index contributed by atoms with van der Waals surface area (Å²) in [6.07, 6.45) is 2.28. The van der Waals surface area contributed by atoms with E-state index < -0.39 is 35.0 Å². The lowest BCUT2D eigenvalue weighted by Crippen LogP contribution is -2.28. The molecule has 0 N–H and O–H groups in total. The summed E-state index contributed by atoms with van der Waals surface area (Å²) in [5.74, 6) is 10.3. The zero-order chi connectivity index (χ0) is 33.8. The van der Waals surface area contributed by atoms with Crippen LogP contribution >= 0.6 is 0 Å². The van der Waals surface area contributed by atoms with Crippen LogP contribution in [0.15, 0.2) is 79.1 Å². The Bertz CT molecular complexity index is 1920. The van der Waals surface area contributed by atoms with Gasteiger partial charge < -0.3 is 9.47 Å². The van der Waals surface area contributed by atoms with E-state index in [2.05, 4.69) is 33.6 Å². The Morgan fingerprint density at radius 3 is 1.43 bits per heavy atom. The van der Waals surface area contributed by atoms with E-state index in [1.807, 2.05) is 27.7 Å². The average molecular weight is 639 g/mol. The highest BCUT2D eigenvalue weighted by Gasteiger charge is 2.39. The van der Waals surface area contributed by atoms with Gasteiger partial charge in [-0.15, -0.1) is 0 Å². The number of rotatable bonds is 2. The highest BCUT2D eigenvalue weighted by atomic mass is 19.2. The fourth-order valence-corrected chi connectivity index (χ4v) is 4.52. The SMILES string of the molecule is CC1(C)CN(c2ccc(C#Cc3ccc(F)c(F)c3)cn2)C(=O)O1.CC1(C)CN(c2ccc(C#Cc3ccc(F)cc3)cn2)C(=O)O1.